The van der Waals surface area contributed by atoms with E-state index < -0.39 is 0 Å². The highest BCUT2D eigenvalue weighted by molar-refractivity contribution is 5.75. The van der Waals surface area contributed by atoms with Crippen molar-refractivity contribution in [1.29, 1.82) is 0 Å². The zero-order valence-corrected chi connectivity index (χ0v) is 11.6. The van der Waals surface area contributed by atoms with E-state index in [0.29, 0.717) is 6.61 Å². The van der Waals surface area contributed by atoms with Crippen molar-refractivity contribution >= 4 is 0 Å². The van der Waals surface area contributed by atoms with Crippen LogP contribution in [0.1, 0.15) is 16.8 Å². The number of hydrogen-bond donors (Lipinski definition) is 0. The minimum Gasteiger partial charge on any atom is -0.489 e. The Morgan fingerprint density at radius 1 is 0.905 bits per heavy atom. The van der Waals surface area contributed by atoms with Gasteiger partial charge in [-0.3, -0.25) is 4.98 Å². The van der Waals surface area contributed by atoms with Gasteiger partial charge in [-0.15, -0.1) is 0 Å². The van der Waals surface area contributed by atoms with Gasteiger partial charge in [0.25, 0.3) is 0 Å². The second-order valence-electron chi connectivity index (χ2n) is 5.27. The van der Waals surface area contributed by atoms with Gasteiger partial charge in [0, 0.05) is 18.2 Å². The number of nitrogens with zero attached hydrogens (tertiary/aromatic N) is 1. The van der Waals surface area contributed by atoms with E-state index >= 15 is 0 Å². The molecule has 1 aromatic heterocycles. The van der Waals surface area contributed by atoms with Crippen molar-refractivity contribution < 1.29 is 4.74 Å². The Hall–Kier alpha value is -2.61. The number of pyridine rings is 1. The molecule has 0 amide bonds. The SMILES string of the molecule is c1ccc(COc2ccc3c(c2)Cc2ncccc2-3)cc1. The van der Waals surface area contributed by atoms with Crippen LogP contribution in [0.3, 0.4) is 0 Å². The van der Waals surface area contributed by atoms with Gasteiger partial charge in [0.1, 0.15) is 12.4 Å². The molecule has 21 heavy (non-hydrogen) atoms. The molecule has 4 rings (SSSR count). The summed E-state index contributed by atoms with van der Waals surface area (Å²) in [5.74, 6) is 0.922. The predicted octanol–water partition coefficient (Wildman–Crippen LogP) is 4.23. The molecule has 0 atom stereocenters. The number of benzene rings is 2. The molecule has 0 saturated heterocycles. The lowest BCUT2D eigenvalue weighted by Crippen LogP contribution is -1.95. The highest BCUT2D eigenvalue weighted by Crippen LogP contribution is 2.37. The maximum atomic E-state index is 5.90. The highest BCUT2D eigenvalue weighted by atomic mass is 16.5. The molecule has 3 aromatic rings. The molecule has 0 bridgehead atoms. The number of rotatable bonds is 3. The first-order valence-corrected chi connectivity index (χ1v) is 7.14. The van der Waals surface area contributed by atoms with Crippen LogP contribution in [0.25, 0.3) is 11.1 Å². The van der Waals surface area contributed by atoms with Gasteiger partial charge in [0.2, 0.25) is 0 Å². The number of fused-ring (bicyclic) bond motifs is 3. The van der Waals surface area contributed by atoms with Crippen LogP contribution in [0.4, 0.5) is 0 Å². The molecule has 0 fully saturated rings. The summed E-state index contributed by atoms with van der Waals surface area (Å²) < 4.78 is 5.90. The van der Waals surface area contributed by atoms with E-state index in [2.05, 4.69) is 35.3 Å². The summed E-state index contributed by atoms with van der Waals surface area (Å²) in [5.41, 5.74) is 6.18. The molecule has 0 spiro atoms. The van der Waals surface area contributed by atoms with Gasteiger partial charge in [0.05, 0.1) is 5.69 Å². The molecule has 0 aliphatic heterocycles. The number of aromatic nitrogens is 1. The fourth-order valence-corrected chi connectivity index (χ4v) is 2.81. The van der Waals surface area contributed by atoms with Crippen molar-refractivity contribution in [2.24, 2.45) is 0 Å². The van der Waals surface area contributed by atoms with Gasteiger partial charge in [-0.25, -0.2) is 0 Å². The Kier molecular flexibility index (Phi) is 2.93. The fraction of sp³-hybridized carbons (Fsp3) is 0.105. The molecule has 0 unspecified atom stereocenters. The first-order chi connectivity index (χ1) is 10.4. The summed E-state index contributed by atoms with van der Waals surface area (Å²) >= 11 is 0. The minimum absolute atomic E-state index is 0.602. The van der Waals surface area contributed by atoms with Crippen LogP contribution in [-0.4, -0.2) is 4.98 Å². The molecule has 2 heteroatoms. The molecular weight excluding hydrogens is 258 g/mol. The normalized spacial score (nSPS) is 11.8. The average Bonchev–Trinajstić information content (AvgIpc) is 2.91. The van der Waals surface area contributed by atoms with Crippen LogP contribution < -0.4 is 4.74 Å². The maximum Gasteiger partial charge on any atom is 0.120 e. The zero-order chi connectivity index (χ0) is 14.1. The summed E-state index contributed by atoms with van der Waals surface area (Å²) in [4.78, 5) is 4.46. The molecule has 2 nitrogen and oxygen atoms in total. The van der Waals surface area contributed by atoms with Crippen LogP contribution in [0.2, 0.25) is 0 Å². The Bertz CT molecular complexity index is 781. The van der Waals surface area contributed by atoms with Gasteiger partial charge in [0.15, 0.2) is 0 Å². The first-order valence-electron chi connectivity index (χ1n) is 7.14. The van der Waals surface area contributed by atoms with Crippen LogP contribution in [0.5, 0.6) is 5.75 Å². The largest absolute Gasteiger partial charge is 0.489 e. The molecule has 1 heterocycles. The van der Waals surface area contributed by atoms with Gasteiger partial charge in [-0.2, -0.15) is 0 Å². The lowest BCUT2D eigenvalue weighted by molar-refractivity contribution is 0.306. The molecule has 1 aliphatic carbocycles. The van der Waals surface area contributed by atoms with Gasteiger partial charge < -0.3 is 4.74 Å². The van der Waals surface area contributed by atoms with Crippen molar-refractivity contribution in [1.82, 2.24) is 4.98 Å². The Balaban J connectivity index is 1.56. The predicted molar refractivity (Wildman–Crippen MR) is 83.3 cm³/mol. The minimum atomic E-state index is 0.602. The Labute approximate surface area is 124 Å². The van der Waals surface area contributed by atoms with E-state index in [9.17, 15) is 0 Å². The van der Waals surface area contributed by atoms with Crippen LogP contribution in [0.15, 0.2) is 66.9 Å². The van der Waals surface area contributed by atoms with Gasteiger partial charge in [-0.05, 0) is 34.9 Å². The molecule has 0 N–H and O–H groups in total. The second kappa shape index (κ2) is 5.06. The van der Waals surface area contributed by atoms with E-state index in [0.717, 1.165) is 17.9 Å². The monoisotopic (exact) mass is 273 g/mol. The van der Waals surface area contributed by atoms with Crippen LogP contribution >= 0.6 is 0 Å². The van der Waals surface area contributed by atoms with E-state index in [4.69, 9.17) is 4.74 Å². The van der Waals surface area contributed by atoms with Crippen molar-refractivity contribution in [2.45, 2.75) is 13.0 Å². The number of hydrogen-bond acceptors (Lipinski definition) is 2. The fourth-order valence-electron chi connectivity index (χ4n) is 2.81. The summed E-state index contributed by atoms with van der Waals surface area (Å²) in [5, 5.41) is 0. The summed E-state index contributed by atoms with van der Waals surface area (Å²) in [6.45, 7) is 0.602. The molecule has 0 radical (unpaired) electrons. The molecule has 2 aromatic carbocycles. The topological polar surface area (TPSA) is 22.1 Å². The van der Waals surface area contributed by atoms with Crippen LogP contribution in [-0.2, 0) is 13.0 Å². The van der Waals surface area contributed by atoms with E-state index in [1.54, 1.807) is 0 Å². The smallest absolute Gasteiger partial charge is 0.120 e. The quantitative estimate of drug-likeness (QED) is 0.557. The summed E-state index contributed by atoms with van der Waals surface area (Å²) in [6, 6.07) is 20.7. The Morgan fingerprint density at radius 2 is 1.81 bits per heavy atom. The number of ether oxygens (including phenoxy) is 1. The van der Waals surface area contributed by atoms with Crippen molar-refractivity contribution in [3.05, 3.63) is 83.7 Å². The van der Waals surface area contributed by atoms with Crippen molar-refractivity contribution in [3.63, 3.8) is 0 Å². The van der Waals surface area contributed by atoms with Crippen molar-refractivity contribution in [2.75, 3.05) is 0 Å². The summed E-state index contributed by atoms with van der Waals surface area (Å²) in [7, 11) is 0. The molecule has 0 saturated carbocycles. The second-order valence-corrected chi connectivity index (χ2v) is 5.27. The standard InChI is InChI=1S/C19H15NO/c1-2-5-14(6-3-1)13-21-16-8-9-17-15(11-16)12-19-18(17)7-4-10-20-19/h1-11H,12-13H2. The van der Waals surface area contributed by atoms with Crippen molar-refractivity contribution in [3.8, 4) is 16.9 Å². The van der Waals surface area contributed by atoms with E-state index in [1.807, 2.05) is 36.5 Å². The molecule has 1 aliphatic rings. The third-order valence-corrected chi connectivity index (χ3v) is 3.86. The van der Waals surface area contributed by atoms with Crippen LogP contribution in [0, 0.1) is 0 Å². The lowest BCUT2D eigenvalue weighted by Gasteiger charge is -2.08. The third kappa shape index (κ3) is 2.29. The molecular formula is C19H15NO. The average molecular weight is 273 g/mol. The van der Waals surface area contributed by atoms with E-state index in [1.165, 1.54) is 22.3 Å². The van der Waals surface area contributed by atoms with Gasteiger partial charge in [-0.1, -0.05) is 42.5 Å². The highest BCUT2D eigenvalue weighted by Gasteiger charge is 2.19. The van der Waals surface area contributed by atoms with Gasteiger partial charge >= 0.3 is 0 Å². The maximum absolute atomic E-state index is 5.90. The first kappa shape index (κ1) is 12.2. The van der Waals surface area contributed by atoms with E-state index in [-0.39, 0.29) is 0 Å². The summed E-state index contributed by atoms with van der Waals surface area (Å²) in [6.07, 6.45) is 2.76. The Morgan fingerprint density at radius 3 is 2.71 bits per heavy atom. The zero-order valence-electron chi connectivity index (χ0n) is 11.6. The lowest BCUT2D eigenvalue weighted by atomic mass is 10.1. The third-order valence-electron chi connectivity index (χ3n) is 3.86. The molecule has 102 valence electrons.